The number of hydrogen-bond acceptors (Lipinski definition) is 4. The van der Waals surface area contributed by atoms with Crippen LogP contribution in [-0.4, -0.2) is 42.7 Å². The zero-order valence-electron chi connectivity index (χ0n) is 15.1. The summed E-state index contributed by atoms with van der Waals surface area (Å²) < 4.78 is 5.96. The number of aliphatic hydroxyl groups excluding tert-OH is 1. The molecule has 2 aromatic rings. The van der Waals surface area contributed by atoms with E-state index < -0.39 is 6.10 Å². The molecule has 0 aromatic heterocycles. The zero-order valence-corrected chi connectivity index (χ0v) is 15.1. The number of rotatable bonds is 5. The predicted molar refractivity (Wildman–Crippen MR) is 100 cm³/mol. The summed E-state index contributed by atoms with van der Waals surface area (Å²) in [6.07, 6.45) is 1.47. The predicted octanol–water partition coefficient (Wildman–Crippen LogP) is 1.82. The molecule has 1 aliphatic carbocycles. The first kappa shape index (κ1) is 17.5. The molecule has 6 heteroatoms. The molecule has 0 spiro atoms. The van der Waals surface area contributed by atoms with Crippen molar-refractivity contribution < 1.29 is 19.4 Å². The number of ether oxygens (including phenoxy) is 1. The molecule has 1 heterocycles. The smallest absolute Gasteiger partial charge is 0.254 e. The van der Waals surface area contributed by atoms with Crippen molar-refractivity contribution in [3.63, 3.8) is 0 Å². The summed E-state index contributed by atoms with van der Waals surface area (Å²) in [5, 5.41) is 15.4. The van der Waals surface area contributed by atoms with Crippen molar-refractivity contribution in [3.05, 3.63) is 64.7 Å². The molecule has 140 valence electrons. The summed E-state index contributed by atoms with van der Waals surface area (Å²) >= 11 is 0. The molecule has 1 saturated carbocycles. The first-order valence-corrected chi connectivity index (χ1v) is 9.15. The number of carbonyl (C=O) groups excluding carboxylic acids is 2. The maximum atomic E-state index is 12.6. The van der Waals surface area contributed by atoms with Crippen LogP contribution >= 0.6 is 0 Å². The third-order valence-electron chi connectivity index (χ3n) is 5.08. The lowest BCUT2D eigenvalue weighted by Gasteiger charge is -2.17. The molecule has 6 nitrogen and oxygen atoms in total. The third kappa shape index (κ3) is 3.28. The highest BCUT2D eigenvalue weighted by molar-refractivity contribution is 6.02. The highest BCUT2D eigenvalue weighted by Crippen LogP contribution is 2.45. The summed E-state index contributed by atoms with van der Waals surface area (Å²) in [5.41, 5.74) is 2.47. The van der Waals surface area contributed by atoms with Gasteiger partial charge < -0.3 is 20.5 Å². The first-order chi connectivity index (χ1) is 13.1. The normalized spacial score (nSPS) is 20.5. The summed E-state index contributed by atoms with van der Waals surface area (Å²) in [6, 6.07) is 13.3. The van der Waals surface area contributed by atoms with Crippen LogP contribution < -0.4 is 15.4 Å². The second kappa shape index (κ2) is 7.04. The number of hydrogen-bond donors (Lipinski definition) is 3. The van der Waals surface area contributed by atoms with Gasteiger partial charge in [-0.25, -0.2) is 0 Å². The molecule has 27 heavy (non-hydrogen) atoms. The van der Waals surface area contributed by atoms with Crippen molar-refractivity contribution in [3.8, 4) is 5.75 Å². The molecule has 2 aliphatic rings. The Balaban J connectivity index is 1.83. The van der Waals surface area contributed by atoms with E-state index in [2.05, 4.69) is 10.6 Å². The number of aliphatic hydroxyl groups is 1. The molecular formula is C21H22N2O4. The maximum Gasteiger partial charge on any atom is 0.254 e. The summed E-state index contributed by atoms with van der Waals surface area (Å²) in [5.74, 6) is -0.323. The van der Waals surface area contributed by atoms with Gasteiger partial charge in [-0.3, -0.25) is 9.59 Å². The first-order valence-electron chi connectivity index (χ1n) is 9.15. The monoisotopic (exact) mass is 366 g/mol. The zero-order chi connectivity index (χ0) is 19.0. The minimum atomic E-state index is -0.507. The van der Waals surface area contributed by atoms with E-state index in [4.69, 9.17) is 4.74 Å². The second-order valence-corrected chi connectivity index (χ2v) is 7.00. The van der Waals surface area contributed by atoms with Crippen molar-refractivity contribution in [1.29, 1.82) is 0 Å². The van der Waals surface area contributed by atoms with Crippen LogP contribution in [0, 0.1) is 0 Å². The number of fused-ring (bicyclic) bond motifs is 1. The van der Waals surface area contributed by atoms with Crippen molar-refractivity contribution in [2.45, 2.75) is 30.9 Å². The molecular weight excluding hydrogens is 344 g/mol. The van der Waals surface area contributed by atoms with Gasteiger partial charge in [-0.1, -0.05) is 30.3 Å². The molecule has 3 N–H and O–H groups in total. The lowest BCUT2D eigenvalue weighted by atomic mass is 9.86. The lowest BCUT2D eigenvalue weighted by molar-refractivity contribution is 0.0947. The Kier molecular flexibility index (Phi) is 4.58. The van der Waals surface area contributed by atoms with Gasteiger partial charge in [0.1, 0.15) is 11.9 Å². The second-order valence-electron chi connectivity index (χ2n) is 7.00. The van der Waals surface area contributed by atoms with E-state index in [-0.39, 0.29) is 30.4 Å². The van der Waals surface area contributed by atoms with E-state index in [0.717, 1.165) is 24.0 Å². The van der Waals surface area contributed by atoms with Gasteiger partial charge in [0.25, 0.3) is 11.8 Å². The molecule has 4 rings (SSSR count). The lowest BCUT2D eigenvalue weighted by Crippen LogP contribution is -2.26. The van der Waals surface area contributed by atoms with Crippen LogP contribution in [0.2, 0.25) is 0 Å². The van der Waals surface area contributed by atoms with Gasteiger partial charge in [0.15, 0.2) is 0 Å². The molecule has 1 fully saturated rings. The molecule has 2 atom stereocenters. The Morgan fingerprint density at radius 2 is 1.89 bits per heavy atom. The highest BCUT2D eigenvalue weighted by Gasteiger charge is 2.38. The van der Waals surface area contributed by atoms with Gasteiger partial charge >= 0.3 is 0 Å². The van der Waals surface area contributed by atoms with Crippen LogP contribution in [0.15, 0.2) is 42.5 Å². The van der Waals surface area contributed by atoms with E-state index in [0.29, 0.717) is 16.9 Å². The number of carbonyl (C=O) groups is 2. The largest absolute Gasteiger partial charge is 0.486 e. The van der Waals surface area contributed by atoms with Crippen LogP contribution in [0.3, 0.4) is 0 Å². The maximum absolute atomic E-state index is 12.6. The minimum Gasteiger partial charge on any atom is -0.486 e. The molecule has 2 amide bonds. The van der Waals surface area contributed by atoms with Crippen LogP contribution in [-0.2, 0) is 0 Å². The summed E-state index contributed by atoms with van der Waals surface area (Å²) in [4.78, 5) is 25.1. The quantitative estimate of drug-likeness (QED) is 0.753. The highest BCUT2D eigenvalue weighted by atomic mass is 16.5. The SMILES string of the molecule is CNC(=O)c1cc(C(=O)NC2CC2)cc2c1OC(CO)C2c1ccccc1. The van der Waals surface area contributed by atoms with Crippen molar-refractivity contribution >= 4 is 11.8 Å². The average Bonchev–Trinajstić information content (AvgIpc) is 3.43. The van der Waals surface area contributed by atoms with Gasteiger partial charge in [-0.15, -0.1) is 0 Å². The Hall–Kier alpha value is -2.86. The topological polar surface area (TPSA) is 87.7 Å². The Morgan fingerprint density at radius 3 is 2.52 bits per heavy atom. The summed E-state index contributed by atoms with van der Waals surface area (Å²) in [7, 11) is 1.54. The molecule has 2 aromatic carbocycles. The van der Waals surface area contributed by atoms with E-state index in [9.17, 15) is 14.7 Å². The van der Waals surface area contributed by atoms with Gasteiger partial charge in [0.05, 0.1) is 18.1 Å². The fraction of sp³-hybridized carbons (Fsp3) is 0.333. The average molecular weight is 366 g/mol. The molecule has 1 aliphatic heterocycles. The van der Waals surface area contributed by atoms with E-state index >= 15 is 0 Å². The standard InChI is InChI=1S/C21H22N2O4/c1-22-21(26)16-10-13(20(25)23-14-7-8-14)9-15-18(12-5-3-2-4-6-12)17(11-24)27-19(15)16/h2-6,9-10,14,17-18,24H,7-8,11H2,1H3,(H,22,26)(H,23,25). The van der Waals surface area contributed by atoms with Crippen molar-refractivity contribution in [2.24, 2.45) is 0 Å². The fourth-order valence-electron chi connectivity index (χ4n) is 3.56. The van der Waals surface area contributed by atoms with Gasteiger partial charge in [0, 0.05) is 24.2 Å². The van der Waals surface area contributed by atoms with Gasteiger partial charge in [0.2, 0.25) is 0 Å². The van der Waals surface area contributed by atoms with E-state index in [1.165, 1.54) is 0 Å². The number of benzene rings is 2. The van der Waals surface area contributed by atoms with Gasteiger partial charge in [-0.2, -0.15) is 0 Å². The van der Waals surface area contributed by atoms with Crippen molar-refractivity contribution in [1.82, 2.24) is 10.6 Å². The number of amides is 2. The Labute approximate surface area is 157 Å². The van der Waals surface area contributed by atoms with Crippen molar-refractivity contribution in [2.75, 3.05) is 13.7 Å². The molecule has 2 unspecified atom stereocenters. The van der Waals surface area contributed by atoms with Crippen LogP contribution in [0.4, 0.5) is 0 Å². The van der Waals surface area contributed by atoms with E-state index in [1.54, 1.807) is 19.2 Å². The molecule has 0 saturated heterocycles. The van der Waals surface area contributed by atoms with Crippen LogP contribution in [0.25, 0.3) is 0 Å². The van der Waals surface area contributed by atoms with Gasteiger partial charge in [-0.05, 0) is 30.5 Å². The Bertz CT molecular complexity index is 877. The molecule has 0 bridgehead atoms. The van der Waals surface area contributed by atoms with Crippen LogP contribution in [0.1, 0.15) is 50.6 Å². The molecule has 0 radical (unpaired) electrons. The summed E-state index contributed by atoms with van der Waals surface area (Å²) in [6.45, 7) is -0.189. The van der Waals surface area contributed by atoms with E-state index in [1.807, 2.05) is 30.3 Å². The fourth-order valence-corrected chi connectivity index (χ4v) is 3.56. The third-order valence-corrected chi connectivity index (χ3v) is 5.08. The Morgan fingerprint density at radius 1 is 1.15 bits per heavy atom. The van der Waals surface area contributed by atoms with Crippen LogP contribution in [0.5, 0.6) is 5.75 Å². The number of nitrogens with one attached hydrogen (secondary N) is 2. The minimum absolute atomic E-state index is 0.189.